The van der Waals surface area contributed by atoms with Crippen LogP contribution in [0.2, 0.25) is 33.2 Å². The molecule has 0 saturated heterocycles. The molecule has 0 N–H and O–H groups in total. The second kappa shape index (κ2) is 4.40. The molecule has 0 unspecified atom stereocenters. The van der Waals surface area contributed by atoms with Crippen molar-refractivity contribution in [3.05, 3.63) is 26.2 Å². The summed E-state index contributed by atoms with van der Waals surface area (Å²) in [5, 5.41) is 2.29. The van der Waals surface area contributed by atoms with Gasteiger partial charge in [0.2, 0.25) is 0 Å². The number of benzene rings is 1. The normalized spacial score (nSPS) is 11.9. The van der Waals surface area contributed by atoms with Crippen LogP contribution in [0.15, 0.2) is 6.07 Å². The van der Waals surface area contributed by atoms with Gasteiger partial charge in [-0.15, -0.1) is 0 Å². The average Bonchev–Trinajstić information content (AvgIpc) is 1.98. The number of hydrogen-bond donors (Lipinski definition) is 0. The molecule has 0 aliphatic heterocycles. The molecule has 0 saturated carbocycles. The molecule has 0 aromatic heterocycles. The van der Waals surface area contributed by atoms with Crippen molar-refractivity contribution < 1.29 is 0 Å². The van der Waals surface area contributed by atoms with Gasteiger partial charge in [0.25, 0.3) is 0 Å². The molecule has 0 radical (unpaired) electrons. The van der Waals surface area contributed by atoms with Gasteiger partial charge in [-0.3, -0.25) is 0 Å². The first-order chi connectivity index (χ1) is 6.25. The fraction of sp³-hybridized carbons (Fsp3) is 0.250. The highest BCUT2D eigenvalue weighted by Gasteiger charge is 2.29. The summed E-state index contributed by atoms with van der Waals surface area (Å²) in [6, 6.07) is 1.52. The quantitative estimate of drug-likeness (QED) is 0.391. The fourth-order valence-corrected chi connectivity index (χ4v) is 5.65. The first-order valence-corrected chi connectivity index (χ1v) is 9.30. The Morgan fingerprint density at radius 2 is 1.29 bits per heavy atom. The molecule has 0 atom stereocenters. The second-order valence-electron chi connectivity index (χ2n) is 3.32. The first kappa shape index (κ1) is 13.0. The van der Waals surface area contributed by atoms with Crippen LogP contribution in [0.4, 0.5) is 0 Å². The molecule has 78 valence electrons. The highest BCUT2D eigenvalue weighted by Crippen LogP contribution is 2.33. The third-order valence-corrected chi connectivity index (χ3v) is 5.85. The lowest BCUT2D eigenvalue weighted by atomic mass is 10.3. The summed E-state index contributed by atoms with van der Waals surface area (Å²) in [5.41, 5.74) is 0. The van der Waals surface area contributed by atoms with Crippen LogP contribution >= 0.6 is 57.5 Å². The molecular formula is C8H7Cl5Si. The molecule has 0 spiro atoms. The summed E-state index contributed by atoms with van der Waals surface area (Å²) in [5.74, 6) is 0. The Bertz CT molecular complexity index is 343. The van der Waals surface area contributed by atoms with Crippen LogP contribution in [-0.4, -0.2) is 7.38 Å². The molecule has 14 heavy (non-hydrogen) atoms. The molecule has 0 amide bonds. The predicted octanol–water partition coefficient (Wildman–Crippen LogP) is 4.95. The van der Waals surface area contributed by atoms with Crippen LogP contribution in [0.25, 0.3) is 0 Å². The summed E-state index contributed by atoms with van der Waals surface area (Å²) in [7, 11) is -2.15. The van der Waals surface area contributed by atoms with E-state index in [2.05, 4.69) is 0 Å². The van der Waals surface area contributed by atoms with E-state index < -0.39 is 7.38 Å². The predicted molar refractivity (Wildman–Crippen MR) is 69.5 cm³/mol. The van der Waals surface area contributed by atoms with E-state index in [9.17, 15) is 0 Å². The van der Waals surface area contributed by atoms with Crippen LogP contribution in [0.1, 0.15) is 0 Å². The van der Waals surface area contributed by atoms with Crippen LogP contribution < -0.4 is 5.19 Å². The lowest BCUT2D eigenvalue weighted by molar-refractivity contribution is 1.72. The minimum atomic E-state index is -2.15. The monoisotopic (exact) mass is 306 g/mol. The van der Waals surface area contributed by atoms with Gasteiger partial charge in [-0.05, 0) is 11.3 Å². The van der Waals surface area contributed by atoms with E-state index in [0.717, 1.165) is 0 Å². The third kappa shape index (κ3) is 2.52. The molecule has 0 aliphatic rings. The summed E-state index contributed by atoms with van der Waals surface area (Å²) < 4.78 is 0. The highest BCUT2D eigenvalue weighted by atomic mass is 35.6. The third-order valence-electron chi connectivity index (χ3n) is 1.71. The van der Waals surface area contributed by atoms with Crippen LogP contribution in [-0.2, 0) is 0 Å². The Labute approximate surface area is 109 Å². The van der Waals surface area contributed by atoms with Crippen molar-refractivity contribution in [3.63, 3.8) is 0 Å². The first-order valence-electron chi connectivity index (χ1n) is 3.77. The zero-order valence-corrected chi connectivity index (χ0v) is 12.2. The van der Waals surface area contributed by atoms with Gasteiger partial charge in [0.05, 0.1) is 20.1 Å². The largest absolute Gasteiger partial charge is 0.184 e. The van der Waals surface area contributed by atoms with Gasteiger partial charge < -0.3 is 0 Å². The lowest BCUT2D eigenvalue weighted by Gasteiger charge is -2.18. The van der Waals surface area contributed by atoms with Crippen molar-refractivity contribution in [1.29, 1.82) is 0 Å². The van der Waals surface area contributed by atoms with Crippen molar-refractivity contribution in [2.24, 2.45) is 0 Å². The van der Waals surface area contributed by atoms with Crippen molar-refractivity contribution in [1.82, 2.24) is 0 Å². The summed E-state index contributed by atoms with van der Waals surface area (Å²) in [4.78, 5) is 0. The van der Waals surface area contributed by atoms with Crippen molar-refractivity contribution in [2.75, 3.05) is 0 Å². The number of rotatable bonds is 1. The van der Waals surface area contributed by atoms with Crippen molar-refractivity contribution in [3.8, 4) is 0 Å². The van der Waals surface area contributed by atoms with Gasteiger partial charge in [-0.2, -0.15) is 11.1 Å². The van der Waals surface area contributed by atoms with E-state index in [0.29, 0.717) is 25.3 Å². The minimum absolute atomic E-state index is 0.386. The van der Waals surface area contributed by atoms with E-state index in [1.54, 1.807) is 0 Å². The molecule has 0 nitrogen and oxygen atoms in total. The van der Waals surface area contributed by atoms with Gasteiger partial charge in [-0.1, -0.05) is 59.5 Å². The molecular weight excluding hydrogens is 301 g/mol. The van der Waals surface area contributed by atoms with Crippen LogP contribution in [0.5, 0.6) is 0 Å². The summed E-state index contributed by atoms with van der Waals surface area (Å²) >= 11 is 30.1. The second-order valence-corrected chi connectivity index (χ2v) is 11.2. The Morgan fingerprint density at radius 3 is 1.57 bits per heavy atom. The van der Waals surface area contributed by atoms with E-state index in [-0.39, 0.29) is 0 Å². The Kier molecular flexibility index (Phi) is 4.07. The summed E-state index contributed by atoms with van der Waals surface area (Å²) in [6.07, 6.45) is 0. The zero-order chi connectivity index (χ0) is 11.1. The van der Waals surface area contributed by atoms with Crippen molar-refractivity contribution in [2.45, 2.75) is 13.1 Å². The molecule has 1 aromatic rings. The van der Waals surface area contributed by atoms with Gasteiger partial charge in [0, 0.05) is 0 Å². The van der Waals surface area contributed by atoms with Crippen LogP contribution in [0, 0.1) is 0 Å². The summed E-state index contributed by atoms with van der Waals surface area (Å²) in [6.45, 7) is 3.82. The fourth-order valence-electron chi connectivity index (χ4n) is 1.10. The van der Waals surface area contributed by atoms with E-state index in [1.165, 1.54) is 6.07 Å². The maximum absolute atomic E-state index is 6.27. The molecule has 0 fully saturated rings. The van der Waals surface area contributed by atoms with Gasteiger partial charge in [0.15, 0.2) is 7.38 Å². The Morgan fingerprint density at radius 1 is 0.929 bits per heavy atom. The molecule has 0 heterocycles. The van der Waals surface area contributed by atoms with E-state index in [1.807, 2.05) is 13.1 Å². The minimum Gasteiger partial charge on any atom is -0.161 e. The zero-order valence-electron chi connectivity index (χ0n) is 7.47. The number of halogens is 5. The van der Waals surface area contributed by atoms with E-state index in [4.69, 9.17) is 57.5 Å². The molecule has 1 rings (SSSR count). The SMILES string of the molecule is C[Si](C)(Cl)c1c(Cl)c(Cl)cc(Cl)c1Cl. The standard InChI is InChI=1S/C8H7Cl5Si/c1-14(2,13)8-6(11)4(9)3-5(10)7(8)12/h3H,1-2H3. The molecule has 0 aliphatic carbocycles. The van der Waals surface area contributed by atoms with Gasteiger partial charge >= 0.3 is 0 Å². The smallest absolute Gasteiger partial charge is 0.161 e. The van der Waals surface area contributed by atoms with Crippen LogP contribution in [0.3, 0.4) is 0 Å². The number of hydrogen-bond acceptors (Lipinski definition) is 0. The topological polar surface area (TPSA) is 0 Å². The van der Waals surface area contributed by atoms with Crippen molar-refractivity contribution >= 4 is 70.1 Å². The highest BCUT2D eigenvalue weighted by molar-refractivity contribution is 7.27. The molecule has 6 heteroatoms. The van der Waals surface area contributed by atoms with Gasteiger partial charge in [-0.25, -0.2) is 0 Å². The molecule has 1 aromatic carbocycles. The van der Waals surface area contributed by atoms with E-state index >= 15 is 0 Å². The molecule has 0 bridgehead atoms. The van der Waals surface area contributed by atoms with Gasteiger partial charge in [0.1, 0.15) is 0 Å². The Hall–Kier alpha value is 0.887. The maximum atomic E-state index is 6.27. The average molecular weight is 308 g/mol. The lowest BCUT2D eigenvalue weighted by Crippen LogP contribution is -2.37. The Balaban J connectivity index is 3.56. The maximum Gasteiger partial charge on any atom is 0.184 e.